The van der Waals surface area contributed by atoms with Crippen LogP contribution >= 0.6 is 0 Å². The molecule has 1 fully saturated rings. The van der Waals surface area contributed by atoms with Crippen molar-refractivity contribution < 1.29 is 0 Å². The van der Waals surface area contributed by atoms with E-state index in [0.29, 0.717) is 0 Å². The van der Waals surface area contributed by atoms with Gasteiger partial charge in [-0.15, -0.1) is 0 Å². The third-order valence-electron chi connectivity index (χ3n) is 4.12. The van der Waals surface area contributed by atoms with E-state index in [1.807, 2.05) is 0 Å². The fraction of sp³-hybridized carbons (Fsp3) is 0.625. The van der Waals surface area contributed by atoms with E-state index >= 15 is 0 Å². The maximum absolute atomic E-state index is 3.66. The molecule has 2 rings (SSSR count). The van der Waals surface area contributed by atoms with Gasteiger partial charge in [0, 0.05) is 6.04 Å². The molecule has 2 atom stereocenters. The Morgan fingerprint density at radius 1 is 1.18 bits per heavy atom. The zero-order valence-corrected chi connectivity index (χ0v) is 11.4. The quantitative estimate of drug-likeness (QED) is 0.827. The molecular weight excluding hydrogens is 206 g/mol. The van der Waals surface area contributed by atoms with Crippen molar-refractivity contribution in [1.82, 2.24) is 5.32 Å². The summed E-state index contributed by atoms with van der Waals surface area (Å²) in [5.74, 6) is 0.781. The lowest BCUT2D eigenvalue weighted by atomic mass is 9.94. The maximum Gasteiger partial charge on any atom is 0.00730 e. The maximum atomic E-state index is 3.66. The molecule has 0 spiro atoms. The van der Waals surface area contributed by atoms with E-state index in [4.69, 9.17) is 0 Å². The predicted octanol–water partition coefficient (Wildman–Crippen LogP) is 3.94. The Morgan fingerprint density at radius 2 is 2.00 bits per heavy atom. The van der Waals surface area contributed by atoms with E-state index in [-0.39, 0.29) is 0 Å². The summed E-state index contributed by atoms with van der Waals surface area (Å²) >= 11 is 0. The molecule has 17 heavy (non-hydrogen) atoms. The number of benzene rings is 1. The van der Waals surface area contributed by atoms with E-state index in [1.54, 1.807) is 5.56 Å². The zero-order valence-electron chi connectivity index (χ0n) is 11.4. The summed E-state index contributed by atoms with van der Waals surface area (Å²) in [6.45, 7) is 7.83. The van der Waals surface area contributed by atoms with Gasteiger partial charge in [0.2, 0.25) is 0 Å². The fourth-order valence-electron chi connectivity index (χ4n) is 2.84. The normalized spacial score (nSPS) is 24.2. The molecular formula is C16H25N. The third kappa shape index (κ3) is 3.10. The molecule has 0 amide bonds. The van der Waals surface area contributed by atoms with Crippen LogP contribution in [0.25, 0.3) is 0 Å². The highest BCUT2D eigenvalue weighted by molar-refractivity contribution is 5.32. The van der Waals surface area contributed by atoms with Gasteiger partial charge in [0.1, 0.15) is 0 Å². The van der Waals surface area contributed by atoms with Gasteiger partial charge in [0.25, 0.3) is 0 Å². The lowest BCUT2D eigenvalue weighted by Gasteiger charge is -2.14. The third-order valence-corrected chi connectivity index (χ3v) is 4.12. The van der Waals surface area contributed by atoms with E-state index in [0.717, 1.165) is 12.0 Å². The summed E-state index contributed by atoms with van der Waals surface area (Å²) in [7, 11) is 0. The van der Waals surface area contributed by atoms with Crippen LogP contribution in [0.3, 0.4) is 0 Å². The van der Waals surface area contributed by atoms with E-state index in [9.17, 15) is 0 Å². The summed E-state index contributed by atoms with van der Waals surface area (Å²) in [5, 5.41) is 3.66. The van der Waals surface area contributed by atoms with Gasteiger partial charge in [-0.2, -0.15) is 0 Å². The molecule has 0 radical (unpaired) electrons. The second-order valence-electron chi connectivity index (χ2n) is 5.50. The van der Waals surface area contributed by atoms with Gasteiger partial charge >= 0.3 is 0 Å². The number of nitrogens with one attached hydrogen (secondary N) is 1. The highest BCUT2D eigenvalue weighted by Crippen LogP contribution is 2.35. The lowest BCUT2D eigenvalue weighted by molar-refractivity contribution is 0.517. The standard InChI is InChI=1S/C16H25N/c1-4-9-17-16-8-7-15(11-16)14-6-5-12(2)13(3)10-14/h5-6,10,15-17H,4,7-9,11H2,1-3H3. The Bertz CT molecular complexity index is 370. The topological polar surface area (TPSA) is 12.0 Å². The van der Waals surface area contributed by atoms with Gasteiger partial charge in [-0.3, -0.25) is 0 Å². The van der Waals surface area contributed by atoms with Gasteiger partial charge in [-0.1, -0.05) is 25.1 Å². The van der Waals surface area contributed by atoms with Crippen LogP contribution in [-0.2, 0) is 0 Å². The second-order valence-corrected chi connectivity index (χ2v) is 5.50. The number of hydrogen-bond donors (Lipinski definition) is 1. The summed E-state index contributed by atoms with van der Waals surface area (Å²) in [6, 6.07) is 7.75. The lowest BCUT2D eigenvalue weighted by Crippen LogP contribution is -2.26. The summed E-state index contributed by atoms with van der Waals surface area (Å²) < 4.78 is 0. The van der Waals surface area contributed by atoms with Gasteiger partial charge in [-0.05, 0) is 68.7 Å². The van der Waals surface area contributed by atoms with Crippen molar-refractivity contribution in [3.63, 3.8) is 0 Å². The number of aryl methyl sites for hydroxylation is 2. The molecule has 1 aromatic rings. The van der Waals surface area contributed by atoms with E-state index in [1.165, 1.54) is 43.4 Å². The highest BCUT2D eigenvalue weighted by atomic mass is 14.9. The highest BCUT2D eigenvalue weighted by Gasteiger charge is 2.25. The first-order valence-electron chi connectivity index (χ1n) is 7.01. The minimum atomic E-state index is 0.751. The molecule has 1 N–H and O–H groups in total. The largest absolute Gasteiger partial charge is 0.314 e. The van der Waals surface area contributed by atoms with E-state index < -0.39 is 0 Å². The minimum absolute atomic E-state index is 0.751. The van der Waals surface area contributed by atoms with Gasteiger partial charge in [-0.25, -0.2) is 0 Å². The van der Waals surface area contributed by atoms with Crippen molar-refractivity contribution >= 4 is 0 Å². The predicted molar refractivity (Wildman–Crippen MR) is 74.6 cm³/mol. The first-order chi connectivity index (χ1) is 8.20. The number of rotatable bonds is 4. The van der Waals surface area contributed by atoms with Crippen molar-refractivity contribution in [3.05, 3.63) is 34.9 Å². The molecule has 1 saturated carbocycles. The molecule has 0 bridgehead atoms. The van der Waals surface area contributed by atoms with Gasteiger partial charge in [0.05, 0.1) is 0 Å². The van der Waals surface area contributed by atoms with Crippen molar-refractivity contribution in [1.29, 1.82) is 0 Å². The molecule has 1 aromatic carbocycles. The molecule has 1 aliphatic carbocycles. The van der Waals surface area contributed by atoms with Crippen molar-refractivity contribution in [2.45, 2.75) is 58.4 Å². The van der Waals surface area contributed by atoms with Gasteiger partial charge < -0.3 is 5.32 Å². The first-order valence-corrected chi connectivity index (χ1v) is 7.01. The molecule has 1 aliphatic rings. The summed E-state index contributed by atoms with van der Waals surface area (Å²) in [5.41, 5.74) is 4.40. The van der Waals surface area contributed by atoms with Crippen LogP contribution < -0.4 is 5.32 Å². The summed E-state index contributed by atoms with van der Waals surface area (Å²) in [6.07, 6.45) is 5.26. The monoisotopic (exact) mass is 231 g/mol. The van der Waals surface area contributed by atoms with Crippen LogP contribution in [0.1, 0.15) is 55.2 Å². The Balaban J connectivity index is 1.97. The molecule has 0 saturated heterocycles. The van der Waals surface area contributed by atoms with E-state index in [2.05, 4.69) is 44.3 Å². The van der Waals surface area contributed by atoms with Crippen molar-refractivity contribution in [2.75, 3.05) is 6.54 Å². The fourth-order valence-corrected chi connectivity index (χ4v) is 2.84. The van der Waals surface area contributed by atoms with Crippen molar-refractivity contribution in [2.24, 2.45) is 0 Å². The number of hydrogen-bond acceptors (Lipinski definition) is 1. The SMILES string of the molecule is CCCNC1CCC(c2ccc(C)c(C)c2)C1. The van der Waals surface area contributed by atoms with Crippen LogP contribution in [0.4, 0.5) is 0 Å². The Hall–Kier alpha value is -0.820. The first kappa shape index (κ1) is 12.6. The Kier molecular flexibility index (Phi) is 4.22. The average Bonchev–Trinajstić information content (AvgIpc) is 2.79. The summed E-state index contributed by atoms with van der Waals surface area (Å²) in [4.78, 5) is 0. The molecule has 0 aliphatic heterocycles. The zero-order chi connectivity index (χ0) is 12.3. The molecule has 1 nitrogen and oxygen atoms in total. The van der Waals surface area contributed by atoms with Crippen LogP contribution in [0.5, 0.6) is 0 Å². The second kappa shape index (κ2) is 5.68. The molecule has 94 valence electrons. The van der Waals surface area contributed by atoms with Gasteiger partial charge in [0.15, 0.2) is 0 Å². The molecule has 0 aromatic heterocycles. The molecule has 0 heterocycles. The van der Waals surface area contributed by atoms with Crippen LogP contribution in [-0.4, -0.2) is 12.6 Å². The average molecular weight is 231 g/mol. The Morgan fingerprint density at radius 3 is 2.71 bits per heavy atom. The minimum Gasteiger partial charge on any atom is -0.314 e. The van der Waals surface area contributed by atoms with Crippen molar-refractivity contribution in [3.8, 4) is 0 Å². The van der Waals surface area contributed by atoms with Crippen LogP contribution in [0.2, 0.25) is 0 Å². The smallest absolute Gasteiger partial charge is 0.00730 e. The van der Waals surface area contributed by atoms with Crippen LogP contribution in [0, 0.1) is 13.8 Å². The van der Waals surface area contributed by atoms with Crippen LogP contribution in [0.15, 0.2) is 18.2 Å². The molecule has 1 heteroatoms. The Labute approximate surface area is 106 Å². The molecule has 2 unspecified atom stereocenters.